The lowest BCUT2D eigenvalue weighted by atomic mass is 10.2. The zero-order valence-electron chi connectivity index (χ0n) is 8.99. The van der Waals surface area contributed by atoms with Crippen molar-refractivity contribution >= 4 is 17.3 Å². The average Bonchev–Trinajstić information content (AvgIpc) is 2.30. The summed E-state index contributed by atoms with van der Waals surface area (Å²) in [5, 5.41) is 0.347. The smallest absolute Gasteiger partial charge is 0.142 e. The molecule has 0 heterocycles. The summed E-state index contributed by atoms with van der Waals surface area (Å²) in [7, 11) is 0. The van der Waals surface area contributed by atoms with Gasteiger partial charge in [0.25, 0.3) is 0 Å². The predicted octanol–water partition coefficient (Wildman–Crippen LogP) is 3.64. The van der Waals surface area contributed by atoms with Gasteiger partial charge in [-0.3, -0.25) is 0 Å². The summed E-state index contributed by atoms with van der Waals surface area (Å²) < 4.78 is 18.3. The number of hydrogen-bond acceptors (Lipinski definition) is 2. The van der Waals surface area contributed by atoms with Crippen LogP contribution in [0.2, 0.25) is 5.02 Å². The first-order valence-corrected chi connectivity index (χ1v) is 5.46. The first kappa shape index (κ1) is 11.7. The number of anilines is 1. The fourth-order valence-electron chi connectivity index (χ4n) is 1.41. The van der Waals surface area contributed by atoms with Gasteiger partial charge in [0.1, 0.15) is 18.2 Å². The Labute approximate surface area is 104 Å². The summed E-state index contributed by atoms with van der Waals surface area (Å²) >= 11 is 5.88. The van der Waals surface area contributed by atoms with Crippen molar-refractivity contribution in [3.63, 3.8) is 0 Å². The highest BCUT2D eigenvalue weighted by Gasteiger charge is 2.04. The summed E-state index contributed by atoms with van der Waals surface area (Å²) in [6.07, 6.45) is 0. The lowest BCUT2D eigenvalue weighted by Gasteiger charge is -2.09. The zero-order chi connectivity index (χ0) is 12.3. The van der Waals surface area contributed by atoms with Gasteiger partial charge < -0.3 is 10.5 Å². The van der Waals surface area contributed by atoms with Crippen LogP contribution in [0.3, 0.4) is 0 Å². The standard InChI is InChI=1S/C13H11ClFNO/c14-11-7-10(15)6-5-9(11)8-17-13-4-2-1-3-12(13)16/h1-7H,8,16H2. The van der Waals surface area contributed by atoms with E-state index in [2.05, 4.69) is 0 Å². The zero-order valence-corrected chi connectivity index (χ0v) is 9.75. The van der Waals surface area contributed by atoms with E-state index in [-0.39, 0.29) is 12.4 Å². The fraction of sp³-hybridized carbons (Fsp3) is 0.0769. The van der Waals surface area contributed by atoms with Gasteiger partial charge >= 0.3 is 0 Å². The molecule has 0 radical (unpaired) electrons. The molecule has 0 aliphatic rings. The van der Waals surface area contributed by atoms with Crippen LogP contribution in [0.4, 0.5) is 10.1 Å². The van der Waals surface area contributed by atoms with Gasteiger partial charge in [-0.2, -0.15) is 0 Å². The van der Waals surface area contributed by atoms with Gasteiger partial charge in [-0.15, -0.1) is 0 Å². The minimum atomic E-state index is -0.363. The highest BCUT2D eigenvalue weighted by Crippen LogP contribution is 2.23. The SMILES string of the molecule is Nc1ccccc1OCc1ccc(F)cc1Cl. The van der Waals surface area contributed by atoms with Crippen molar-refractivity contribution in [1.29, 1.82) is 0 Å². The molecule has 0 aliphatic carbocycles. The molecule has 2 rings (SSSR count). The molecule has 2 N–H and O–H groups in total. The van der Waals surface area contributed by atoms with Crippen LogP contribution in [0, 0.1) is 5.82 Å². The van der Waals surface area contributed by atoms with E-state index >= 15 is 0 Å². The van der Waals surface area contributed by atoms with E-state index in [1.54, 1.807) is 18.2 Å². The van der Waals surface area contributed by atoms with Crippen LogP contribution in [0.5, 0.6) is 5.75 Å². The first-order valence-electron chi connectivity index (χ1n) is 5.08. The molecule has 0 unspecified atom stereocenters. The normalized spacial score (nSPS) is 10.2. The van der Waals surface area contributed by atoms with Gasteiger partial charge in [0.2, 0.25) is 0 Å². The Kier molecular flexibility index (Phi) is 3.49. The predicted molar refractivity (Wildman–Crippen MR) is 66.6 cm³/mol. The maximum atomic E-state index is 12.8. The maximum absolute atomic E-state index is 12.8. The van der Waals surface area contributed by atoms with E-state index in [0.29, 0.717) is 16.5 Å². The van der Waals surface area contributed by atoms with Crippen molar-refractivity contribution in [2.75, 3.05) is 5.73 Å². The Morgan fingerprint density at radius 3 is 2.65 bits per heavy atom. The van der Waals surface area contributed by atoms with E-state index in [1.165, 1.54) is 12.1 Å². The molecule has 0 spiro atoms. The number of ether oxygens (including phenoxy) is 1. The number of rotatable bonds is 3. The van der Waals surface area contributed by atoms with Crippen LogP contribution in [0.1, 0.15) is 5.56 Å². The number of hydrogen-bond donors (Lipinski definition) is 1. The molecule has 4 heteroatoms. The first-order chi connectivity index (χ1) is 8.16. The van der Waals surface area contributed by atoms with Crippen LogP contribution >= 0.6 is 11.6 Å². The fourth-order valence-corrected chi connectivity index (χ4v) is 1.63. The molecular weight excluding hydrogens is 241 g/mol. The van der Waals surface area contributed by atoms with Crippen LogP contribution in [-0.4, -0.2) is 0 Å². The van der Waals surface area contributed by atoms with E-state index in [0.717, 1.165) is 5.56 Å². The molecule has 0 atom stereocenters. The van der Waals surface area contributed by atoms with Gasteiger partial charge in [-0.05, 0) is 24.3 Å². The average molecular weight is 252 g/mol. The number of benzene rings is 2. The topological polar surface area (TPSA) is 35.2 Å². The van der Waals surface area contributed by atoms with E-state index in [4.69, 9.17) is 22.1 Å². The molecule has 0 saturated carbocycles. The van der Waals surface area contributed by atoms with Crippen molar-refractivity contribution < 1.29 is 9.13 Å². The third kappa shape index (κ3) is 2.88. The monoisotopic (exact) mass is 251 g/mol. The molecule has 0 aliphatic heterocycles. The lowest BCUT2D eigenvalue weighted by molar-refractivity contribution is 0.308. The van der Waals surface area contributed by atoms with Crippen molar-refractivity contribution in [2.45, 2.75) is 6.61 Å². The largest absolute Gasteiger partial charge is 0.487 e. The van der Waals surface area contributed by atoms with Gasteiger partial charge in [-0.1, -0.05) is 29.8 Å². The number of para-hydroxylation sites is 2. The molecular formula is C13H11ClFNO. The Hall–Kier alpha value is -1.74. The molecule has 0 bridgehead atoms. The van der Waals surface area contributed by atoms with Gasteiger partial charge in [0.15, 0.2) is 0 Å². The maximum Gasteiger partial charge on any atom is 0.142 e. The number of nitrogens with two attached hydrogens (primary N) is 1. The molecule has 17 heavy (non-hydrogen) atoms. The second-order valence-electron chi connectivity index (χ2n) is 3.56. The third-order valence-electron chi connectivity index (χ3n) is 2.32. The molecule has 0 saturated heterocycles. The van der Waals surface area contributed by atoms with Crippen LogP contribution in [-0.2, 0) is 6.61 Å². The Morgan fingerprint density at radius 2 is 1.94 bits per heavy atom. The summed E-state index contributed by atoms with van der Waals surface area (Å²) in [5.41, 5.74) is 7.01. The third-order valence-corrected chi connectivity index (χ3v) is 2.67. The summed E-state index contributed by atoms with van der Waals surface area (Å²) in [6.45, 7) is 0.257. The van der Waals surface area contributed by atoms with E-state index < -0.39 is 0 Å². The van der Waals surface area contributed by atoms with Crippen molar-refractivity contribution in [3.05, 3.63) is 58.9 Å². The summed E-state index contributed by atoms with van der Waals surface area (Å²) in [5.74, 6) is 0.228. The minimum absolute atomic E-state index is 0.257. The second kappa shape index (κ2) is 5.06. The highest BCUT2D eigenvalue weighted by molar-refractivity contribution is 6.31. The number of halogens is 2. The van der Waals surface area contributed by atoms with Crippen LogP contribution < -0.4 is 10.5 Å². The van der Waals surface area contributed by atoms with Crippen molar-refractivity contribution in [3.8, 4) is 5.75 Å². The minimum Gasteiger partial charge on any atom is -0.487 e. The van der Waals surface area contributed by atoms with Crippen LogP contribution in [0.25, 0.3) is 0 Å². The Balaban J connectivity index is 2.10. The molecule has 88 valence electrons. The molecule has 2 nitrogen and oxygen atoms in total. The highest BCUT2D eigenvalue weighted by atomic mass is 35.5. The van der Waals surface area contributed by atoms with Crippen molar-refractivity contribution in [2.24, 2.45) is 0 Å². The van der Waals surface area contributed by atoms with Crippen LogP contribution in [0.15, 0.2) is 42.5 Å². The van der Waals surface area contributed by atoms with E-state index in [1.807, 2.05) is 12.1 Å². The van der Waals surface area contributed by atoms with Crippen molar-refractivity contribution in [1.82, 2.24) is 0 Å². The van der Waals surface area contributed by atoms with Gasteiger partial charge in [-0.25, -0.2) is 4.39 Å². The number of nitrogen functional groups attached to an aromatic ring is 1. The lowest BCUT2D eigenvalue weighted by Crippen LogP contribution is -1.99. The summed E-state index contributed by atoms with van der Waals surface area (Å²) in [6, 6.07) is 11.4. The molecule has 0 fully saturated rings. The molecule has 2 aromatic carbocycles. The molecule has 0 aromatic heterocycles. The Morgan fingerprint density at radius 1 is 1.18 bits per heavy atom. The second-order valence-corrected chi connectivity index (χ2v) is 3.97. The molecule has 2 aromatic rings. The van der Waals surface area contributed by atoms with E-state index in [9.17, 15) is 4.39 Å². The van der Waals surface area contributed by atoms with Gasteiger partial charge in [0, 0.05) is 5.56 Å². The van der Waals surface area contributed by atoms with Gasteiger partial charge in [0.05, 0.1) is 10.7 Å². The summed E-state index contributed by atoms with van der Waals surface area (Å²) in [4.78, 5) is 0. The molecule has 0 amide bonds. The quantitative estimate of drug-likeness (QED) is 0.846. The Bertz CT molecular complexity index is 531.